The van der Waals surface area contributed by atoms with Crippen LogP contribution in [0.5, 0.6) is 0 Å². The molecule has 4 rings (SSSR count). The van der Waals surface area contributed by atoms with Crippen molar-refractivity contribution in [2.75, 3.05) is 26.3 Å². The molecule has 0 bridgehead atoms. The average molecular weight is 408 g/mol. The number of aryl methyl sites for hydroxylation is 1. The highest BCUT2D eigenvalue weighted by Gasteiger charge is 2.47. The van der Waals surface area contributed by atoms with Gasteiger partial charge in [0.15, 0.2) is 5.79 Å². The van der Waals surface area contributed by atoms with E-state index in [1.54, 1.807) is 17.0 Å². The van der Waals surface area contributed by atoms with Crippen molar-refractivity contribution < 1.29 is 27.5 Å². The molecule has 8 nitrogen and oxygen atoms in total. The summed E-state index contributed by atoms with van der Waals surface area (Å²) < 4.78 is 38.2. The van der Waals surface area contributed by atoms with Crippen LogP contribution in [0.4, 0.5) is 0 Å². The van der Waals surface area contributed by atoms with E-state index in [2.05, 4.69) is 0 Å². The largest absolute Gasteiger partial charge is 0.347 e. The Bertz CT molecular complexity index is 866. The zero-order valence-electron chi connectivity index (χ0n) is 15.8. The van der Waals surface area contributed by atoms with Crippen molar-refractivity contribution in [3.63, 3.8) is 0 Å². The third kappa shape index (κ3) is 3.31. The number of hydrogen-bond donors (Lipinski definition) is 0. The molecule has 1 aromatic carbocycles. The van der Waals surface area contributed by atoms with Crippen LogP contribution in [0.1, 0.15) is 31.2 Å². The first-order chi connectivity index (χ1) is 13.3. The summed E-state index contributed by atoms with van der Waals surface area (Å²) >= 11 is 0. The van der Waals surface area contributed by atoms with Crippen molar-refractivity contribution in [3.05, 3.63) is 29.8 Å². The number of amides is 2. The Morgan fingerprint density at radius 1 is 1.11 bits per heavy atom. The lowest BCUT2D eigenvalue weighted by molar-refractivity contribution is -0.188. The fourth-order valence-electron chi connectivity index (χ4n) is 4.07. The molecule has 0 aliphatic carbocycles. The van der Waals surface area contributed by atoms with Crippen molar-refractivity contribution in [1.82, 2.24) is 9.21 Å². The molecule has 0 N–H and O–H groups in total. The Hall–Kier alpha value is -1.97. The quantitative estimate of drug-likeness (QED) is 0.742. The molecule has 1 atom stereocenters. The minimum Gasteiger partial charge on any atom is -0.347 e. The maximum atomic E-state index is 13.1. The highest BCUT2D eigenvalue weighted by molar-refractivity contribution is 7.89. The Kier molecular flexibility index (Phi) is 4.93. The number of carbonyl (C=O) groups excluding carboxylic acids is 2. The number of carbonyl (C=O) groups is 2. The summed E-state index contributed by atoms with van der Waals surface area (Å²) in [4.78, 5) is 27.1. The predicted molar refractivity (Wildman–Crippen MR) is 98.7 cm³/mol. The fourth-order valence-corrected chi connectivity index (χ4v) is 5.67. The smallest absolute Gasteiger partial charge is 0.267 e. The molecular weight excluding hydrogens is 384 g/mol. The van der Waals surface area contributed by atoms with Gasteiger partial charge in [0.1, 0.15) is 6.04 Å². The summed E-state index contributed by atoms with van der Waals surface area (Å²) in [7, 11) is -4.07. The topological polar surface area (TPSA) is 93.2 Å². The molecule has 0 radical (unpaired) electrons. The molecule has 3 fully saturated rings. The molecular formula is C19H24N2O6S. The van der Waals surface area contributed by atoms with Crippen molar-refractivity contribution >= 4 is 21.8 Å². The van der Waals surface area contributed by atoms with E-state index in [1.165, 1.54) is 12.1 Å². The van der Waals surface area contributed by atoms with Gasteiger partial charge in [-0.3, -0.25) is 9.59 Å². The molecule has 1 aromatic rings. The molecule has 0 unspecified atom stereocenters. The number of hydrogen-bond acceptors (Lipinski definition) is 6. The van der Waals surface area contributed by atoms with Crippen LogP contribution in [-0.2, 0) is 29.1 Å². The molecule has 0 saturated carbocycles. The third-order valence-corrected chi connectivity index (χ3v) is 7.52. The van der Waals surface area contributed by atoms with Gasteiger partial charge in [-0.15, -0.1) is 0 Å². The van der Waals surface area contributed by atoms with Crippen LogP contribution in [0.2, 0.25) is 0 Å². The standard InChI is InChI=1S/C19H24N2O6S/c1-14-2-4-15(5-3-14)28(24,25)21-16(6-7-17(21)22)18(23)20-10-8-19(9-11-20)26-12-13-27-19/h2-5,16H,6-13H2,1H3/t16-/m1/s1. The van der Waals surface area contributed by atoms with Gasteiger partial charge in [-0.25, -0.2) is 12.7 Å². The van der Waals surface area contributed by atoms with Gasteiger partial charge in [0.05, 0.1) is 18.1 Å². The Morgan fingerprint density at radius 2 is 1.71 bits per heavy atom. The molecule has 3 aliphatic heterocycles. The van der Waals surface area contributed by atoms with E-state index in [4.69, 9.17) is 9.47 Å². The molecule has 3 aliphatic rings. The van der Waals surface area contributed by atoms with E-state index in [0.717, 1.165) is 9.87 Å². The third-order valence-electron chi connectivity index (χ3n) is 5.67. The second kappa shape index (κ2) is 7.13. The predicted octanol–water partition coefficient (Wildman–Crippen LogP) is 1.04. The van der Waals surface area contributed by atoms with Crippen LogP contribution >= 0.6 is 0 Å². The first kappa shape index (κ1) is 19.4. The van der Waals surface area contributed by atoms with Crippen molar-refractivity contribution in [2.24, 2.45) is 0 Å². The van der Waals surface area contributed by atoms with Crippen LogP contribution in [-0.4, -0.2) is 67.6 Å². The maximum absolute atomic E-state index is 13.1. The lowest BCUT2D eigenvalue weighted by Gasteiger charge is -2.39. The van der Waals surface area contributed by atoms with Gasteiger partial charge in [-0.05, 0) is 25.5 Å². The molecule has 3 saturated heterocycles. The average Bonchev–Trinajstić information content (AvgIpc) is 3.29. The SMILES string of the molecule is Cc1ccc(S(=O)(=O)N2C(=O)CC[C@@H]2C(=O)N2CCC3(CC2)OCCO3)cc1. The van der Waals surface area contributed by atoms with E-state index in [0.29, 0.717) is 39.1 Å². The Morgan fingerprint density at radius 3 is 2.32 bits per heavy atom. The monoisotopic (exact) mass is 408 g/mol. The number of piperidine rings is 1. The lowest BCUT2D eigenvalue weighted by Crippen LogP contribution is -2.53. The summed E-state index contributed by atoms with van der Waals surface area (Å²) in [5.74, 6) is -1.47. The van der Waals surface area contributed by atoms with Gasteiger partial charge >= 0.3 is 0 Å². The Balaban J connectivity index is 1.53. The van der Waals surface area contributed by atoms with Crippen molar-refractivity contribution in [3.8, 4) is 0 Å². The Labute approximate surface area is 164 Å². The minimum absolute atomic E-state index is 0.0245. The lowest BCUT2D eigenvalue weighted by atomic mass is 10.0. The molecule has 3 heterocycles. The fraction of sp³-hybridized carbons (Fsp3) is 0.579. The van der Waals surface area contributed by atoms with Crippen LogP contribution in [0, 0.1) is 6.92 Å². The van der Waals surface area contributed by atoms with Gasteiger partial charge < -0.3 is 14.4 Å². The number of likely N-dealkylation sites (tertiary alicyclic amines) is 1. The summed E-state index contributed by atoms with van der Waals surface area (Å²) in [6, 6.07) is 5.30. The summed E-state index contributed by atoms with van der Waals surface area (Å²) in [5, 5.41) is 0. The molecule has 28 heavy (non-hydrogen) atoms. The zero-order valence-corrected chi connectivity index (χ0v) is 16.6. The summed E-state index contributed by atoms with van der Waals surface area (Å²) in [6.45, 7) is 3.79. The highest BCUT2D eigenvalue weighted by Crippen LogP contribution is 2.33. The van der Waals surface area contributed by atoms with Crippen LogP contribution < -0.4 is 0 Å². The minimum atomic E-state index is -4.07. The normalized spacial score (nSPS) is 24.9. The van der Waals surface area contributed by atoms with Gasteiger partial charge in [0.2, 0.25) is 11.8 Å². The van der Waals surface area contributed by atoms with Crippen LogP contribution in [0.3, 0.4) is 0 Å². The number of rotatable bonds is 3. The van der Waals surface area contributed by atoms with Gasteiger partial charge in [-0.1, -0.05) is 17.7 Å². The second-order valence-corrected chi connectivity index (χ2v) is 9.31. The molecule has 0 aromatic heterocycles. The van der Waals surface area contributed by atoms with Gasteiger partial charge in [0, 0.05) is 32.4 Å². The number of nitrogens with zero attached hydrogens (tertiary/aromatic N) is 2. The van der Waals surface area contributed by atoms with Gasteiger partial charge in [-0.2, -0.15) is 0 Å². The highest BCUT2D eigenvalue weighted by atomic mass is 32.2. The van der Waals surface area contributed by atoms with E-state index in [-0.39, 0.29) is 23.6 Å². The second-order valence-electron chi connectivity index (χ2n) is 7.50. The number of sulfonamides is 1. The molecule has 2 amide bonds. The summed E-state index contributed by atoms with van der Waals surface area (Å²) in [6.07, 6.45) is 1.34. The van der Waals surface area contributed by atoms with E-state index >= 15 is 0 Å². The van der Waals surface area contributed by atoms with E-state index < -0.39 is 27.8 Å². The van der Waals surface area contributed by atoms with Crippen LogP contribution in [0.15, 0.2) is 29.2 Å². The molecule has 152 valence electrons. The van der Waals surface area contributed by atoms with Crippen molar-refractivity contribution in [1.29, 1.82) is 0 Å². The number of ether oxygens (including phenoxy) is 2. The zero-order chi connectivity index (χ0) is 19.9. The van der Waals surface area contributed by atoms with E-state index in [1.807, 2.05) is 6.92 Å². The van der Waals surface area contributed by atoms with E-state index in [9.17, 15) is 18.0 Å². The molecule has 1 spiro atoms. The number of benzene rings is 1. The van der Waals surface area contributed by atoms with Crippen molar-refractivity contribution in [2.45, 2.75) is 49.3 Å². The first-order valence-corrected chi connectivity index (χ1v) is 11.0. The molecule has 9 heteroatoms. The first-order valence-electron chi connectivity index (χ1n) is 9.53. The summed E-state index contributed by atoms with van der Waals surface area (Å²) in [5.41, 5.74) is 0.915. The van der Waals surface area contributed by atoms with Gasteiger partial charge in [0.25, 0.3) is 10.0 Å². The maximum Gasteiger partial charge on any atom is 0.267 e. The van der Waals surface area contributed by atoms with Crippen LogP contribution in [0.25, 0.3) is 0 Å².